The molecule has 2 fully saturated rings. The molecule has 10 heteroatoms. The van der Waals surface area contributed by atoms with E-state index >= 15 is 0 Å². The summed E-state index contributed by atoms with van der Waals surface area (Å²) in [7, 11) is -1.91. The van der Waals surface area contributed by atoms with Crippen LogP contribution in [0.4, 0.5) is 5.69 Å². The van der Waals surface area contributed by atoms with E-state index in [0.717, 1.165) is 12.8 Å². The van der Waals surface area contributed by atoms with E-state index in [1.807, 2.05) is 7.05 Å². The number of anilines is 1. The van der Waals surface area contributed by atoms with E-state index in [4.69, 9.17) is 0 Å². The fourth-order valence-electron chi connectivity index (χ4n) is 5.62. The number of nitrogens with zero attached hydrogens (tertiary/aromatic N) is 5. The minimum atomic E-state index is -3.84. The molecule has 0 unspecified atom stereocenters. The van der Waals surface area contributed by atoms with Gasteiger partial charge in [0, 0.05) is 44.0 Å². The fourth-order valence-corrected chi connectivity index (χ4v) is 6.94. The Labute approximate surface area is 204 Å². The van der Waals surface area contributed by atoms with Gasteiger partial charge in [0.25, 0.3) is 15.9 Å². The summed E-state index contributed by atoms with van der Waals surface area (Å²) in [6.45, 7) is 2.75. The third-order valence-electron chi connectivity index (χ3n) is 7.37. The van der Waals surface area contributed by atoms with Crippen molar-refractivity contribution in [3.8, 4) is 6.07 Å². The summed E-state index contributed by atoms with van der Waals surface area (Å²) in [5.74, 6) is 0.431. The maximum absolute atomic E-state index is 13.3. The first kappa shape index (κ1) is 23.3. The number of benzene rings is 1. The monoisotopic (exact) mass is 493 g/mol. The van der Waals surface area contributed by atoms with Gasteiger partial charge in [-0.2, -0.15) is 5.26 Å². The SMILES string of the molecule is C[C@H](O)C(=O)N1C[C@H]2C[C@@H](N(C)c3c(C#N)cnc4c3ccn4S(=O)(=O)c3ccccc3)C[C@H]2C1. The van der Waals surface area contributed by atoms with Gasteiger partial charge in [-0.05, 0) is 49.8 Å². The highest BCUT2D eigenvalue weighted by molar-refractivity contribution is 7.90. The van der Waals surface area contributed by atoms with E-state index in [-0.39, 0.29) is 22.5 Å². The molecule has 4 atom stereocenters. The van der Waals surface area contributed by atoms with E-state index in [2.05, 4.69) is 16.0 Å². The minimum Gasteiger partial charge on any atom is -0.384 e. The lowest BCUT2D eigenvalue weighted by atomic mass is 10.0. The van der Waals surface area contributed by atoms with Crippen molar-refractivity contribution >= 4 is 32.7 Å². The lowest BCUT2D eigenvalue weighted by molar-refractivity contribution is -0.138. The summed E-state index contributed by atoms with van der Waals surface area (Å²) >= 11 is 0. The van der Waals surface area contributed by atoms with Gasteiger partial charge in [0.2, 0.25) is 0 Å². The largest absolute Gasteiger partial charge is 0.384 e. The number of carbonyl (C=O) groups is 1. The second-order valence-corrected chi connectivity index (χ2v) is 11.3. The number of aliphatic hydroxyl groups excluding tert-OH is 1. The number of fused-ring (bicyclic) bond motifs is 2. The summed E-state index contributed by atoms with van der Waals surface area (Å²) in [6, 6.07) is 12.2. The Balaban J connectivity index is 1.46. The number of hydrogen-bond acceptors (Lipinski definition) is 7. The van der Waals surface area contributed by atoms with Crippen LogP contribution in [0.2, 0.25) is 0 Å². The van der Waals surface area contributed by atoms with Gasteiger partial charge in [-0.25, -0.2) is 17.4 Å². The van der Waals surface area contributed by atoms with Crippen molar-refractivity contribution in [1.82, 2.24) is 13.9 Å². The number of aromatic nitrogens is 2. The Kier molecular flexibility index (Phi) is 5.77. The van der Waals surface area contributed by atoms with E-state index in [9.17, 15) is 23.6 Å². The summed E-state index contributed by atoms with van der Waals surface area (Å²) in [5, 5.41) is 20.1. The first-order valence-electron chi connectivity index (χ1n) is 11.6. The standard InChI is InChI=1S/C25H27N5O4S/c1-16(31)25(32)29-14-17-10-20(11-18(17)15-29)28(2)23-19(12-26)13-27-24-22(23)8-9-30(24)35(33,34)21-6-4-3-5-7-21/h3-9,13,16-18,20,31H,10-11,14-15H2,1-2H3/t16-,17-,18+,20-/m0/s1. The van der Waals surface area contributed by atoms with Crippen molar-refractivity contribution in [3.63, 3.8) is 0 Å². The molecule has 1 amide bonds. The van der Waals surface area contributed by atoms with Crippen molar-refractivity contribution in [2.45, 2.75) is 36.8 Å². The molecule has 5 rings (SSSR count). The van der Waals surface area contributed by atoms with Gasteiger partial charge >= 0.3 is 0 Å². The Morgan fingerprint density at radius 3 is 2.46 bits per heavy atom. The first-order chi connectivity index (χ1) is 16.7. The molecule has 0 radical (unpaired) electrons. The molecule has 182 valence electrons. The molecule has 1 saturated heterocycles. The molecule has 0 bridgehead atoms. The minimum absolute atomic E-state index is 0.139. The third kappa shape index (κ3) is 3.85. The van der Waals surface area contributed by atoms with E-state index < -0.39 is 16.1 Å². The van der Waals surface area contributed by atoms with Gasteiger partial charge in [-0.1, -0.05) is 18.2 Å². The van der Waals surface area contributed by atoms with Crippen LogP contribution < -0.4 is 4.90 Å². The van der Waals surface area contributed by atoms with Crippen LogP contribution >= 0.6 is 0 Å². The zero-order valence-electron chi connectivity index (χ0n) is 19.6. The quantitative estimate of drug-likeness (QED) is 0.579. The van der Waals surface area contributed by atoms with Gasteiger partial charge < -0.3 is 14.9 Å². The normalized spacial score (nSPS) is 22.7. The van der Waals surface area contributed by atoms with Crippen LogP contribution in [0, 0.1) is 23.2 Å². The second kappa shape index (κ2) is 8.66. The maximum atomic E-state index is 13.3. The molecule has 2 aliphatic rings. The van der Waals surface area contributed by atoms with Crippen LogP contribution in [-0.4, -0.2) is 65.6 Å². The van der Waals surface area contributed by atoms with Crippen LogP contribution in [0.5, 0.6) is 0 Å². The van der Waals surface area contributed by atoms with Crippen LogP contribution in [0.25, 0.3) is 11.0 Å². The van der Waals surface area contributed by atoms with E-state index in [1.165, 1.54) is 23.3 Å². The topological polar surface area (TPSA) is 120 Å². The number of rotatable bonds is 5. The van der Waals surface area contributed by atoms with Gasteiger partial charge in [0.15, 0.2) is 5.65 Å². The van der Waals surface area contributed by atoms with Crippen LogP contribution in [-0.2, 0) is 14.8 Å². The number of hydrogen-bond donors (Lipinski definition) is 1. The van der Waals surface area contributed by atoms with Gasteiger partial charge in [-0.15, -0.1) is 0 Å². The molecule has 1 aromatic carbocycles. The van der Waals surface area contributed by atoms with Crippen LogP contribution in [0.15, 0.2) is 53.7 Å². The van der Waals surface area contributed by atoms with E-state index in [0.29, 0.717) is 41.6 Å². The zero-order chi connectivity index (χ0) is 24.9. The molecule has 1 saturated carbocycles. The Morgan fingerprint density at radius 1 is 1.20 bits per heavy atom. The number of nitriles is 1. The second-order valence-electron chi connectivity index (χ2n) is 9.47. The molecule has 9 nitrogen and oxygen atoms in total. The smallest absolute Gasteiger partial charge is 0.269 e. The lowest BCUT2D eigenvalue weighted by Gasteiger charge is -2.30. The van der Waals surface area contributed by atoms with Gasteiger partial charge in [0.1, 0.15) is 12.2 Å². The van der Waals surface area contributed by atoms with Crippen LogP contribution in [0.1, 0.15) is 25.3 Å². The van der Waals surface area contributed by atoms with Gasteiger partial charge in [-0.3, -0.25) is 4.79 Å². The van der Waals surface area contributed by atoms with Crippen molar-refractivity contribution in [2.24, 2.45) is 11.8 Å². The molecule has 1 aliphatic heterocycles. The first-order valence-corrected chi connectivity index (χ1v) is 13.1. The molecular weight excluding hydrogens is 466 g/mol. The van der Waals surface area contributed by atoms with Crippen LogP contribution in [0.3, 0.4) is 0 Å². The Bertz CT molecular complexity index is 1410. The van der Waals surface area contributed by atoms with Gasteiger partial charge in [0.05, 0.1) is 16.1 Å². The van der Waals surface area contributed by atoms with Crippen molar-refractivity contribution in [3.05, 3.63) is 54.4 Å². The molecule has 35 heavy (non-hydrogen) atoms. The highest BCUT2D eigenvalue weighted by Crippen LogP contribution is 2.43. The molecule has 0 spiro atoms. The number of aliphatic hydroxyl groups is 1. The highest BCUT2D eigenvalue weighted by Gasteiger charge is 2.44. The molecule has 3 heterocycles. The predicted molar refractivity (Wildman–Crippen MR) is 130 cm³/mol. The number of likely N-dealkylation sites (tertiary alicyclic amines) is 1. The number of carbonyl (C=O) groups excluding carboxylic acids is 1. The maximum Gasteiger partial charge on any atom is 0.269 e. The average molecular weight is 494 g/mol. The Hall–Kier alpha value is -3.42. The van der Waals surface area contributed by atoms with Crippen molar-refractivity contribution < 1.29 is 18.3 Å². The molecule has 3 aromatic rings. The third-order valence-corrected chi connectivity index (χ3v) is 9.05. The summed E-state index contributed by atoms with van der Waals surface area (Å²) < 4.78 is 27.7. The molecule has 1 aliphatic carbocycles. The zero-order valence-corrected chi connectivity index (χ0v) is 20.4. The summed E-state index contributed by atoms with van der Waals surface area (Å²) in [6.07, 6.45) is 3.63. The molecule has 1 N–H and O–H groups in total. The Morgan fingerprint density at radius 2 is 1.86 bits per heavy atom. The molecule has 2 aromatic heterocycles. The number of amides is 1. The lowest BCUT2D eigenvalue weighted by Crippen LogP contribution is -2.38. The van der Waals surface area contributed by atoms with Crippen molar-refractivity contribution in [2.75, 3.05) is 25.0 Å². The summed E-state index contributed by atoms with van der Waals surface area (Å²) in [4.78, 5) is 20.5. The average Bonchev–Trinajstić information content (AvgIpc) is 3.56. The predicted octanol–water partition coefficient (Wildman–Crippen LogP) is 2.20. The molecular formula is C25H27N5O4S. The summed E-state index contributed by atoms with van der Waals surface area (Å²) in [5.41, 5.74) is 1.33. The fraction of sp³-hybridized carbons (Fsp3) is 0.400. The van der Waals surface area contributed by atoms with E-state index in [1.54, 1.807) is 41.3 Å². The van der Waals surface area contributed by atoms with Crippen molar-refractivity contribution in [1.29, 1.82) is 5.26 Å². The number of pyridine rings is 1. The highest BCUT2D eigenvalue weighted by atomic mass is 32.2.